The van der Waals surface area contributed by atoms with Crippen LogP contribution in [0.3, 0.4) is 0 Å². The van der Waals surface area contributed by atoms with E-state index in [2.05, 4.69) is 9.80 Å². The zero-order valence-corrected chi connectivity index (χ0v) is 11.0. The van der Waals surface area contributed by atoms with Gasteiger partial charge in [0, 0.05) is 38.3 Å². The lowest BCUT2D eigenvalue weighted by Crippen LogP contribution is -2.52. The van der Waals surface area contributed by atoms with E-state index in [0.29, 0.717) is 0 Å². The van der Waals surface area contributed by atoms with Gasteiger partial charge in [-0.1, -0.05) is 0 Å². The first-order chi connectivity index (χ1) is 8.40. The Kier molecular flexibility index (Phi) is 5.55. The van der Waals surface area contributed by atoms with Gasteiger partial charge in [0.25, 0.3) is 0 Å². The summed E-state index contributed by atoms with van der Waals surface area (Å²) in [6.07, 6.45) is 0.315. The summed E-state index contributed by atoms with van der Waals surface area (Å²) in [6.45, 7) is 7.06. The van der Waals surface area contributed by atoms with Gasteiger partial charge in [0.1, 0.15) is 0 Å². The first-order valence-corrected chi connectivity index (χ1v) is 6.32. The third-order valence-electron chi connectivity index (χ3n) is 3.54. The zero-order valence-electron chi connectivity index (χ0n) is 11.0. The van der Waals surface area contributed by atoms with Crippen LogP contribution in [0, 0.1) is 0 Å². The van der Waals surface area contributed by atoms with Crippen LogP contribution in [0.4, 0.5) is 0 Å². The molecule has 2 N–H and O–H groups in total. The van der Waals surface area contributed by atoms with Crippen LogP contribution in [0.1, 0.15) is 26.7 Å². The molecule has 104 valence electrons. The molecule has 6 heteroatoms. The van der Waals surface area contributed by atoms with E-state index in [4.69, 9.17) is 10.2 Å². The number of nitrogens with zero attached hydrogens (tertiary/aromatic N) is 2. The topological polar surface area (TPSA) is 81.1 Å². The van der Waals surface area contributed by atoms with Crippen LogP contribution < -0.4 is 0 Å². The molecule has 1 fully saturated rings. The Labute approximate surface area is 107 Å². The molecule has 1 rings (SSSR count). The second-order valence-electron chi connectivity index (χ2n) is 4.97. The van der Waals surface area contributed by atoms with Crippen molar-refractivity contribution in [1.29, 1.82) is 0 Å². The minimum Gasteiger partial charge on any atom is -0.481 e. The zero-order chi connectivity index (χ0) is 13.7. The smallest absolute Gasteiger partial charge is 0.304 e. The molecule has 0 amide bonds. The largest absolute Gasteiger partial charge is 0.481 e. The Balaban J connectivity index is 2.36. The van der Waals surface area contributed by atoms with Crippen LogP contribution in [0.2, 0.25) is 0 Å². The van der Waals surface area contributed by atoms with Gasteiger partial charge >= 0.3 is 11.9 Å². The van der Waals surface area contributed by atoms with E-state index in [0.717, 1.165) is 26.2 Å². The standard InChI is InChI=1S/C12H22N2O4/c1-9(7-11(15)16)13-3-5-14(6-4-13)10(2)8-12(17)18/h9-10H,3-8H2,1-2H3,(H,15,16)(H,17,18). The van der Waals surface area contributed by atoms with E-state index in [-0.39, 0.29) is 24.9 Å². The number of carbonyl (C=O) groups is 2. The summed E-state index contributed by atoms with van der Waals surface area (Å²) in [7, 11) is 0. The maximum Gasteiger partial charge on any atom is 0.304 e. The fraction of sp³-hybridized carbons (Fsp3) is 0.833. The predicted molar refractivity (Wildman–Crippen MR) is 66.6 cm³/mol. The first kappa shape index (κ1) is 14.9. The molecule has 6 nitrogen and oxygen atoms in total. The van der Waals surface area contributed by atoms with E-state index < -0.39 is 11.9 Å². The van der Waals surface area contributed by atoms with Crippen molar-refractivity contribution < 1.29 is 19.8 Å². The highest BCUT2D eigenvalue weighted by molar-refractivity contribution is 5.67. The normalized spacial score (nSPS) is 21.4. The molecule has 0 aromatic carbocycles. The lowest BCUT2D eigenvalue weighted by atomic mass is 10.1. The van der Waals surface area contributed by atoms with Crippen molar-refractivity contribution in [3.63, 3.8) is 0 Å². The van der Waals surface area contributed by atoms with Gasteiger partial charge in [-0.05, 0) is 13.8 Å². The molecule has 0 aromatic rings. The molecule has 18 heavy (non-hydrogen) atoms. The van der Waals surface area contributed by atoms with Gasteiger partial charge in [-0.15, -0.1) is 0 Å². The second kappa shape index (κ2) is 6.70. The molecular weight excluding hydrogens is 236 g/mol. The van der Waals surface area contributed by atoms with Crippen LogP contribution in [0.5, 0.6) is 0 Å². The Morgan fingerprint density at radius 3 is 1.39 bits per heavy atom. The second-order valence-corrected chi connectivity index (χ2v) is 4.97. The van der Waals surface area contributed by atoms with Crippen LogP contribution in [-0.4, -0.2) is 70.2 Å². The minimum atomic E-state index is -0.774. The average molecular weight is 258 g/mol. The van der Waals surface area contributed by atoms with E-state index in [9.17, 15) is 9.59 Å². The molecule has 2 unspecified atom stereocenters. The summed E-state index contributed by atoms with van der Waals surface area (Å²) in [4.78, 5) is 25.6. The van der Waals surface area contributed by atoms with Gasteiger partial charge in [-0.3, -0.25) is 19.4 Å². The number of hydrogen-bond acceptors (Lipinski definition) is 4. The highest BCUT2D eigenvalue weighted by Crippen LogP contribution is 2.12. The molecule has 1 heterocycles. The van der Waals surface area contributed by atoms with E-state index >= 15 is 0 Å². The number of hydrogen-bond donors (Lipinski definition) is 2. The molecule has 0 aliphatic carbocycles. The van der Waals surface area contributed by atoms with Crippen molar-refractivity contribution in [1.82, 2.24) is 9.80 Å². The van der Waals surface area contributed by atoms with Crippen LogP contribution >= 0.6 is 0 Å². The Morgan fingerprint density at radius 1 is 0.889 bits per heavy atom. The lowest BCUT2D eigenvalue weighted by Gasteiger charge is -2.40. The number of piperazine rings is 1. The van der Waals surface area contributed by atoms with Crippen LogP contribution in [-0.2, 0) is 9.59 Å². The van der Waals surface area contributed by atoms with Gasteiger partial charge in [-0.25, -0.2) is 0 Å². The molecule has 1 aliphatic rings. The summed E-state index contributed by atoms with van der Waals surface area (Å²) in [5, 5.41) is 17.5. The molecule has 1 saturated heterocycles. The van der Waals surface area contributed by atoms with Crippen molar-refractivity contribution in [2.24, 2.45) is 0 Å². The van der Waals surface area contributed by atoms with E-state index in [1.165, 1.54) is 0 Å². The first-order valence-electron chi connectivity index (χ1n) is 6.32. The molecule has 0 spiro atoms. The van der Waals surface area contributed by atoms with Gasteiger partial charge < -0.3 is 10.2 Å². The SMILES string of the molecule is CC(CC(=O)O)N1CCN(C(C)CC(=O)O)CC1. The number of carboxylic acid groups (broad SMARTS) is 2. The summed E-state index contributed by atoms with van der Waals surface area (Å²) in [6, 6.07) is 0.0823. The monoisotopic (exact) mass is 258 g/mol. The van der Waals surface area contributed by atoms with Gasteiger partial charge in [0.2, 0.25) is 0 Å². The van der Waals surface area contributed by atoms with Crippen molar-refractivity contribution in [2.75, 3.05) is 26.2 Å². The van der Waals surface area contributed by atoms with Crippen LogP contribution in [0.15, 0.2) is 0 Å². The molecule has 1 aliphatic heterocycles. The van der Waals surface area contributed by atoms with Crippen molar-refractivity contribution in [3.8, 4) is 0 Å². The number of carboxylic acids is 2. The third kappa shape index (κ3) is 4.62. The molecule has 0 radical (unpaired) electrons. The Hall–Kier alpha value is -1.14. The number of aliphatic carboxylic acids is 2. The molecule has 0 bridgehead atoms. The van der Waals surface area contributed by atoms with E-state index in [1.807, 2.05) is 13.8 Å². The van der Waals surface area contributed by atoms with E-state index in [1.54, 1.807) is 0 Å². The molecule has 2 atom stereocenters. The van der Waals surface area contributed by atoms with Gasteiger partial charge in [-0.2, -0.15) is 0 Å². The highest BCUT2D eigenvalue weighted by atomic mass is 16.4. The minimum absolute atomic E-state index is 0.0411. The highest BCUT2D eigenvalue weighted by Gasteiger charge is 2.25. The summed E-state index contributed by atoms with van der Waals surface area (Å²) < 4.78 is 0. The fourth-order valence-corrected chi connectivity index (χ4v) is 2.38. The lowest BCUT2D eigenvalue weighted by molar-refractivity contribution is -0.140. The fourth-order valence-electron chi connectivity index (χ4n) is 2.38. The maximum atomic E-state index is 10.6. The molecule has 0 aromatic heterocycles. The number of rotatable bonds is 6. The van der Waals surface area contributed by atoms with Crippen molar-refractivity contribution >= 4 is 11.9 Å². The summed E-state index contributed by atoms with van der Waals surface area (Å²) >= 11 is 0. The van der Waals surface area contributed by atoms with Gasteiger partial charge in [0.15, 0.2) is 0 Å². The van der Waals surface area contributed by atoms with Gasteiger partial charge in [0.05, 0.1) is 12.8 Å². The predicted octanol–water partition coefficient (Wildman–Crippen LogP) is 0.330. The summed E-state index contributed by atoms with van der Waals surface area (Å²) in [5.74, 6) is -1.55. The summed E-state index contributed by atoms with van der Waals surface area (Å²) in [5.41, 5.74) is 0. The average Bonchev–Trinajstić information content (AvgIpc) is 2.27. The molecule has 0 saturated carbocycles. The van der Waals surface area contributed by atoms with Crippen molar-refractivity contribution in [3.05, 3.63) is 0 Å². The maximum absolute atomic E-state index is 10.6. The quantitative estimate of drug-likeness (QED) is 0.714. The molecular formula is C12H22N2O4. The Bertz CT molecular complexity index is 270. The van der Waals surface area contributed by atoms with Crippen LogP contribution in [0.25, 0.3) is 0 Å². The third-order valence-corrected chi connectivity index (χ3v) is 3.54. The Morgan fingerprint density at radius 2 is 1.17 bits per heavy atom. The van der Waals surface area contributed by atoms with Crippen molar-refractivity contribution in [2.45, 2.75) is 38.8 Å².